The van der Waals surface area contributed by atoms with Gasteiger partial charge in [-0.05, 0) is 24.6 Å². The first-order chi connectivity index (χ1) is 13.1. The summed E-state index contributed by atoms with van der Waals surface area (Å²) in [6, 6.07) is 7.60. The van der Waals surface area contributed by atoms with Crippen molar-refractivity contribution in [3.63, 3.8) is 0 Å². The van der Waals surface area contributed by atoms with Gasteiger partial charge in [-0.1, -0.05) is 23.7 Å². The Morgan fingerprint density at radius 3 is 2.70 bits per heavy atom. The van der Waals surface area contributed by atoms with Gasteiger partial charge in [0.05, 0.1) is 6.54 Å². The van der Waals surface area contributed by atoms with E-state index in [1.54, 1.807) is 6.33 Å². The van der Waals surface area contributed by atoms with E-state index in [0.717, 1.165) is 30.4 Å². The number of hydrogen-bond donors (Lipinski definition) is 1. The average molecular weight is 390 g/mol. The third-order valence-electron chi connectivity index (χ3n) is 4.42. The van der Waals surface area contributed by atoms with Gasteiger partial charge in [-0.25, -0.2) is 4.99 Å². The fourth-order valence-corrected chi connectivity index (χ4v) is 3.01. The summed E-state index contributed by atoms with van der Waals surface area (Å²) in [5.41, 5.74) is 1.07. The lowest BCUT2D eigenvalue weighted by Crippen LogP contribution is -2.54. The molecule has 2 heterocycles. The number of benzene rings is 1. The van der Waals surface area contributed by atoms with Gasteiger partial charge in [0.15, 0.2) is 11.8 Å². The summed E-state index contributed by atoms with van der Waals surface area (Å²) in [6.45, 7) is 5.43. The van der Waals surface area contributed by atoms with Crippen molar-refractivity contribution >= 4 is 23.5 Å². The number of amides is 1. The number of nitrogens with one attached hydrogen (secondary N) is 1. The molecule has 1 aromatic carbocycles. The minimum absolute atomic E-state index is 0.0838. The minimum atomic E-state index is 0.0838. The number of carbonyl (C=O) groups excluding carboxylic acids is 1. The molecule has 0 saturated carbocycles. The number of aromatic nitrogens is 3. The molecule has 1 aliphatic rings. The molecule has 0 spiro atoms. The molecule has 0 aliphatic carbocycles. The van der Waals surface area contributed by atoms with Crippen LogP contribution in [0.2, 0.25) is 5.02 Å². The number of guanidine groups is 1. The molecule has 1 saturated heterocycles. The zero-order valence-corrected chi connectivity index (χ0v) is 16.4. The Balaban J connectivity index is 1.62. The van der Waals surface area contributed by atoms with Gasteiger partial charge in [-0.2, -0.15) is 0 Å². The molecule has 8 nitrogen and oxygen atoms in total. The SMILES string of the molecule is CCNC(=NCc1nncn1C)N1CCN(Cc2ccc(Cl)cc2)C(=O)C1. The molecule has 0 bridgehead atoms. The van der Waals surface area contributed by atoms with Crippen molar-refractivity contribution in [2.75, 3.05) is 26.2 Å². The molecule has 1 aromatic heterocycles. The third kappa shape index (κ3) is 4.97. The van der Waals surface area contributed by atoms with Gasteiger partial charge >= 0.3 is 0 Å². The zero-order valence-electron chi connectivity index (χ0n) is 15.6. The van der Waals surface area contributed by atoms with Crippen LogP contribution in [0.4, 0.5) is 0 Å². The van der Waals surface area contributed by atoms with Crippen LogP contribution in [0.1, 0.15) is 18.3 Å². The van der Waals surface area contributed by atoms with Gasteiger partial charge in [-0.15, -0.1) is 10.2 Å². The van der Waals surface area contributed by atoms with Crippen molar-refractivity contribution in [1.82, 2.24) is 29.9 Å². The molecule has 0 radical (unpaired) electrons. The van der Waals surface area contributed by atoms with Gasteiger partial charge < -0.3 is 19.7 Å². The number of nitrogens with zero attached hydrogens (tertiary/aromatic N) is 6. The van der Waals surface area contributed by atoms with E-state index in [-0.39, 0.29) is 5.91 Å². The average Bonchev–Trinajstić information content (AvgIpc) is 3.07. The van der Waals surface area contributed by atoms with E-state index in [1.807, 2.05) is 52.6 Å². The summed E-state index contributed by atoms with van der Waals surface area (Å²) in [6.07, 6.45) is 1.65. The first-order valence-electron chi connectivity index (χ1n) is 8.95. The fraction of sp³-hybridized carbons (Fsp3) is 0.444. The van der Waals surface area contributed by atoms with Gasteiger partial charge in [-0.3, -0.25) is 4.79 Å². The lowest BCUT2D eigenvalue weighted by molar-refractivity contribution is -0.135. The first-order valence-corrected chi connectivity index (χ1v) is 9.33. The van der Waals surface area contributed by atoms with E-state index in [4.69, 9.17) is 11.6 Å². The zero-order chi connectivity index (χ0) is 19.2. The Morgan fingerprint density at radius 2 is 2.07 bits per heavy atom. The van der Waals surface area contributed by atoms with Crippen molar-refractivity contribution in [2.24, 2.45) is 12.0 Å². The predicted octanol–water partition coefficient (Wildman–Crippen LogP) is 1.28. The van der Waals surface area contributed by atoms with Crippen LogP contribution in [0.5, 0.6) is 0 Å². The van der Waals surface area contributed by atoms with Crippen LogP contribution in [0.15, 0.2) is 35.6 Å². The summed E-state index contributed by atoms with van der Waals surface area (Å²) in [4.78, 5) is 21.1. The fourth-order valence-electron chi connectivity index (χ4n) is 2.89. The van der Waals surface area contributed by atoms with Crippen LogP contribution in [0.3, 0.4) is 0 Å². The largest absolute Gasteiger partial charge is 0.356 e. The lowest BCUT2D eigenvalue weighted by atomic mass is 10.2. The minimum Gasteiger partial charge on any atom is -0.356 e. The Hall–Kier alpha value is -2.61. The first kappa shape index (κ1) is 19.2. The molecule has 27 heavy (non-hydrogen) atoms. The number of hydrogen-bond acceptors (Lipinski definition) is 4. The van der Waals surface area contributed by atoms with Crippen LogP contribution < -0.4 is 5.32 Å². The summed E-state index contributed by atoms with van der Waals surface area (Å²) in [5.74, 6) is 1.58. The molecule has 1 amide bonds. The van der Waals surface area contributed by atoms with Crippen LogP contribution in [0.25, 0.3) is 0 Å². The Labute approximate surface area is 163 Å². The molecular formula is C18H24ClN7O. The summed E-state index contributed by atoms with van der Waals surface area (Å²) in [7, 11) is 1.89. The Bertz CT molecular complexity index is 802. The van der Waals surface area contributed by atoms with E-state index in [9.17, 15) is 4.79 Å². The van der Waals surface area contributed by atoms with Crippen molar-refractivity contribution in [1.29, 1.82) is 0 Å². The standard InChI is InChI=1S/C18H24ClN7O/c1-3-20-18(21-10-16-23-22-13-24(16)2)26-9-8-25(17(27)12-26)11-14-4-6-15(19)7-5-14/h4-7,13H,3,8-12H2,1-2H3,(H,20,21). The molecular weight excluding hydrogens is 366 g/mol. The number of rotatable bonds is 5. The molecule has 3 rings (SSSR count). The number of piperazine rings is 1. The number of carbonyl (C=O) groups is 1. The molecule has 0 atom stereocenters. The van der Waals surface area contributed by atoms with Crippen molar-refractivity contribution in [3.05, 3.63) is 47.0 Å². The Morgan fingerprint density at radius 1 is 1.30 bits per heavy atom. The molecule has 1 fully saturated rings. The lowest BCUT2D eigenvalue weighted by Gasteiger charge is -2.36. The summed E-state index contributed by atoms with van der Waals surface area (Å²) in [5, 5.41) is 11.9. The predicted molar refractivity (Wildman–Crippen MR) is 104 cm³/mol. The van der Waals surface area contributed by atoms with Crippen molar-refractivity contribution in [2.45, 2.75) is 20.0 Å². The maximum Gasteiger partial charge on any atom is 0.242 e. The van der Waals surface area contributed by atoms with E-state index in [0.29, 0.717) is 31.2 Å². The van der Waals surface area contributed by atoms with Gasteiger partial charge in [0.25, 0.3) is 0 Å². The van der Waals surface area contributed by atoms with Gasteiger partial charge in [0, 0.05) is 38.2 Å². The normalized spacial score (nSPS) is 15.4. The molecule has 1 N–H and O–H groups in total. The van der Waals surface area contributed by atoms with Crippen LogP contribution >= 0.6 is 11.6 Å². The highest BCUT2D eigenvalue weighted by Crippen LogP contribution is 2.13. The van der Waals surface area contributed by atoms with Crippen LogP contribution in [0, 0.1) is 0 Å². The highest BCUT2D eigenvalue weighted by molar-refractivity contribution is 6.30. The van der Waals surface area contributed by atoms with E-state index in [2.05, 4.69) is 20.5 Å². The molecule has 0 unspecified atom stereocenters. The Kier molecular flexibility index (Phi) is 6.28. The monoisotopic (exact) mass is 389 g/mol. The maximum atomic E-state index is 12.6. The molecule has 144 valence electrons. The van der Waals surface area contributed by atoms with Crippen LogP contribution in [-0.4, -0.2) is 62.6 Å². The third-order valence-corrected chi connectivity index (χ3v) is 4.67. The van der Waals surface area contributed by atoms with E-state index >= 15 is 0 Å². The molecule has 1 aliphatic heterocycles. The maximum absolute atomic E-state index is 12.6. The molecule has 2 aromatic rings. The highest BCUT2D eigenvalue weighted by atomic mass is 35.5. The summed E-state index contributed by atoms with van der Waals surface area (Å²) >= 11 is 5.93. The number of aliphatic imine (C=N–C) groups is 1. The quantitative estimate of drug-likeness (QED) is 0.615. The van der Waals surface area contributed by atoms with Crippen LogP contribution in [-0.2, 0) is 24.9 Å². The highest BCUT2D eigenvalue weighted by Gasteiger charge is 2.26. The van der Waals surface area contributed by atoms with Gasteiger partial charge in [0.2, 0.25) is 5.91 Å². The van der Waals surface area contributed by atoms with Crippen molar-refractivity contribution < 1.29 is 4.79 Å². The second-order valence-corrected chi connectivity index (χ2v) is 6.83. The topological polar surface area (TPSA) is 78.7 Å². The van der Waals surface area contributed by atoms with Crippen molar-refractivity contribution in [3.8, 4) is 0 Å². The smallest absolute Gasteiger partial charge is 0.242 e. The molecule has 9 heteroatoms. The summed E-state index contributed by atoms with van der Waals surface area (Å²) < 4.78 is 1.84. The number of aryl methyl sites for hydroxylation is 1. The second kappa shape index (κ2) is 8.85. The van der Waals surface area contributed by atoms with E-state index in [1.165, 1.54) is 0 Å². The van der Waals surface area contributed by atoms with E-state index < -0.39 is 0 Å². The number of halogens is 1. The second-order valence-electron chi connectivity index (χ2n) is 6.39. The van der Waals surface area contributed by atoms with Gasteiger partial charge in [0.1, 0.15) is 12.9 Å².